The van der Waals surface area contributed by atoms with Gasteiger partial charge < -0.3 is 11.1 Å². The van der Waals surface area contributed by atoms with Gasteiger partial charge in [-0.15, -0.1) is 11.3 Å². The van der Waals surface area contributed by atoms with Crippen LogP contribution in [0.3, 0.4) is 0 Å². The van der Waals surface area contributed by atoms with Gasteiger partial charge in [-0.05, 0) is 75.3 Å². The van der Waals surface area contributed by atoms with E-state index in [1.165, 1.54) is 55.3 Å². The summed E-state index contributed by atoms with van der Waals surface area (Å²) in [5, 5.41) is 3.73. The average Bonchev–Trinajstić information content (AvgIpc) is 3.01. The summed E-state index contributed by atoms with van der Waals surface area (Å²) < 4.78 is 0. The maximum absolute atomic E-state index is 7.15. The molecule has 1 aromatic heterocycles. The molecule has 26 heavy (non-hydrogen) atoms. The van der Waals surface area contributed by atoms with Crippen LogP contribution in [0.2, 0.25) is 0 Å². The van der Waals surface area contributed by atoms with Crippen LogP contribution in [0.4, 0.5) is 5.69 Å². The van der Waals surface area contributed by atoms with Crippen molar-refractivity contribution in [3.63, 3.8) is 0 Å². The zero-order valence-corrected chi connectivity index (χ0v) is 17.6. The lowest BCUT2D eigenvalue weighted by Crippen LogP contribution is -2.37. The van der Waals surface area contributed by atoms with Crippen molar-refractivity contribution >= 4 is 22.6 Å². The first-order valence-electron chi connectivity index (χ1n) is 9.72. The van der Waals surface area contributed by atoms with Gasteiger partial charge >= 0.3 is 0 Å². The van der Waals surface area contributed by atoms with Gasteiger partial charge in [0.2, 0.25) is 0 Å². The van der Waals surface area contributed by atoms with E-state index in [0.29, 0.717) is 12.0 Å². The maximum Gasteiger partial charge on any atom is 0.0670 e. The van der Waals surface area contributed by atoms with Gasteiger partial charge in [0.25, 0.3) is 0 Å². The molecule has 1 aliphatic carbocycles. The smallest absolute Gasteiger partial charge is 0.0670 e. The lowest BCUT2D eigenvalue weighted by Gasteiger charge is -2.35. The molecule has 3 N–H and O–H groups in total. The largest absolute Gasteiger partial charge is 0.382 e. The van der Waals surface area contributed by atoms with E-state index in [0.717, 1.165) is 6.42 Å². The Hall–Kier alpha value is -1.58. The number of aryl methyl sites for hydroxylation is 2. The lowest BCUT2D eigenvalue weighted by molar-refractivity contribution is 0.631. The van der Waals surface area contributed by atoms with Gasteiger partial charge in [0.1, 0.15) is 0 Å². The Bertz CT molecular complexity index is 917. The van der Waals surface area contributed by atoms with Crippen molar-refractivity contribution in [2.24, 2.45) is 5.73 Å². The average molecular weight is 367 g/mol. The van der Waals surface area contributed by atoms with E-state index in [-0.39, 0.29) is 0 Å². The van der Waals surface area contributed by atoms with Gasteiger partial charge in [0, 0.05) is 27.4 Å². The van der Waals surface area contributed by atoms with Crippen molar-refractivity contribution in [3.05, 3.63) is 55.8 Å². The first-order valence-corrected chi connectivity index (χ1v) is 10.5. The molecule has 0 bridgehead atoms. The summed E-state index contributed by atoms with van der Waals surface area (Å²) >= 11 is 1.92. The number of benzene rings is 1. The lowest BCUT2D eigenvalue weighted by atomic mass is 9.80. The number of thiophene rings is 1. The fraction of sp³-hybridized carbons (Fsp3) is 0.478. The van der Waals surface area contributed by atoms with Crippen LogP contribution >= 0.6 is 11.3 Å². The van der Waals surface area contributed by atoms with Gasteiger partial charge in [0.15, 0.2) is 0 Å². The van der Waals surface area contributed by atoms with Crippen molar-refractivity contribution in [1.29, 1.82) is 0 Å². The minimum absolute atomic E-state index is 0.458. The number of nitrogens with one attached hydrogen (secondary N) is 1. The Morgan fingerprint density at radius 1 is 1.19 bits per heavy atom. The van der Waals surface area contributed by atoms with Crippen LogP contribution in [0.5, 0.6) is 0 Å². The van der Waals surface area contributed by atoms with Crippen LogP contribution in [0.25, 0.3) is 5.57 Å². The third-order valence-corrected chi connectivity index (χ3v) is 7.84. The second kappa shape index (κ2) is 5.97. The number of hydrogen-bond donors (Lipinski definition) is 2. The van der Waals surface area contributed by atoms with Gasteiger partial charge in [-0.2, -0.15) is 0 Å². The molecule has 2 aromatic rings. The molecular weight excluding hydrogens is 336 g/mol. The number of para-hydroxylation sites is 1. The molecule has 0 spiro atoms. The van der Waals surface area contributed by atoms with E-state index in [9.17, 15) is 0 Å². The van der Waals surface area contributed by atoms with Crippen molar-refractivity contribution in [2.45, 2.75) is 71.9 Å². The number of rotatable bonds is 2. The van der Waals surface area contributed by atoms with Crippen molar-refractivity contribution < 1.29 is 0 Å². The van der Waals surface area contributed by atoms with E-state index >= 15 is 0 Å². The molecule has 3 unspecified atom stereocenters. The van der Waals surface area contributed by atoms with E-state index in [2.05, 4.69) is 65.1 Å². The monoisotopic (exact) mass is 366 g/mol. The molecule has 1 aliphatic heterocycles. The second-order valence-corrected chi connectivity index (χ2v) is 9.66. The van der Waals surface area contributed by atoms with Crippen LogP contribution < -0.4 is 11.1 Å². The minimum atomic E-state index is -0.497. The first kappa shape index (κ1) is 17.8. The molecule has 138 valence electrons. The molecule has 0 saturated heterocycles. The number of allylic oxidation sites excluding steroid dienone is 1. The van der Waals surface area contributed by atoms with Crippen molar-refractivity contribution in [1.82, 2.24) is 0 Å². The number of fused-ring (bicyclic) bond motifs is 2. The number of hydrogen-bond acceptors (Lipinski definition) is 3. The molecule has 2 heterocycles. The Morgan fingerprint density at radius 3 is 2.65 bits per heavy atom. The first-order chi connectivity index (χ1) is 12.2. The fourth-order valence-electron chi connectivity index (χ4n) is 4.85. The van der Waals surface area contributed by atoms with Gasteiger partial charge in [-0.25, -0.2) is 0 Å². The molecule has 3 heteroatoms. The zero-order chi connectivity index (χ0) is 18.8. The molecule has 2 aliphatic rings. The van der Waals surface area contributed by atoms with E-state index in [4.69, 9.17) is 5.73 Å². The summed E-state index contributed by atoms with van der Waals surface area (Å²) in [6.07, 6.45) is 2.31. The van der Waals surface area contributed by atoms with E-state index in [1.54, 1.807) is 0 Å². The summed E-state index contributed by atoms with van der Waals surface area (Å²) in [5.41, 5.74) is 16.3. The Morgan fingerprint density at radius 2 is 1.92 bits per heavy atom. The molecule has 2 nitrogen and oxygen atoms in total. The summed E-state index contributed by atoms with van der Waals surface area (Å²) in [6.45, 7) is 13.6. The molecule has 0 amide bonds. The number of nitrogens with two attached hydrogens (primary N) is 1. The highest BCUT2D eigenvalue weighted by Crippen LogP contribution is 2.54. The standard InChI is InChI=1S/C23H30N2S/c1-12-10-11-17-8-7-9-18(21(17)25-12)23(6,24)20-14(3)13(2)19-15(4)16(5)26-22(19)20/h7-9,12-13,25H,10-11,24H2,1-6H3. The quantitative estimate of drug-likeness (QED) is 0.697. The zero-order valence-electron chi connectivity index (χ0n) is 16.8. The van der Waals surface area contributed by atoms with Crippen molar-refractivity contribution in [2.75, 3.05) is 5.32 Å². The Kier molecular flexibility index (Phi) is 4.09. The number of anilines is 1. The summed E-state index contributed by atoms with van der Waals surface area (Å²) in [7, 11) is 0. The molecule has 0 saturated carbocycles. The molecule has 3 atom stereocenters. The second-order valence-electron chi connectivity index (χ2n) is 8.43. The Balaban J connectivity index is 1.90. The van der Waals surface area contributed by atoms with Crippen LogP contribution in [-0.4, -0.2) is 6.04 Å². The normalized spacial score (nSPS) is 24.1. The minimum Gasteiger partial charge on any atom is -0.382 e. The Labute approximate surface area is 161 Å². The summed E-state index contributed by atoms with van der Waals surface area (Å²) in [6, 6.07) is 7.15. The highest BCUT2D eigenvalue weighted by atomic mass is 32.1. The molecule has 4 rings (SSSR count). The maximum atomic E-state index is 7.15. The van der Waals surface area contributed by atoms with E-state index in [1.807, 2.05) is 11.3 Å². The third-order valence-electron chi connectivity index (χ3n) is 6.60. The summed E-state index contributed by atoms with van der Waals surface area (Å²) in [4.78, 5) is 2.83. The molecule has 0 fully saturated rings. The van der Waals surface area contributed by atoms with Crippen molar-refractivity contribution in [3.8, 4) is 0 Å². The molecule has 0 radical (unpaired) electrons. The third kappa shape index (κ3) is 2.40. The van der Waals surface area contributed by atoms with Crippen LogP contribution in [0.15, 0.2) is 23.8 Å². The van der Waals surface area contributed by atoms with E-state index < -0.39 is 5.54 Å². The SMILES string of the molecule is CC1=C(C(C)(N)c2cccc3c2NC(C)CC3)c2sc(C)c(C)c2C1C. The summed E-state index contributed by atoms with van der Waals surface area (Å²) in [5.74, 6) is 0.458. The van der Waals surface area contributed by atoms with Gasteiger partial charge in [-0.1, -0.05) is 30.7 Å². The molecule has 1 aromatic carbocycles. The van der Waals surface area contributed by atoms with Gasteiger partial charge in [-0.3, -0.25) is 0 Å². The van der Waals surface area contributed by atoms with Crippen LogP contribution in [0, 0.1) is 13.8 Å². The van der Waals surface area contributed by atoms with Gasteiger partial charge in [0.05, 0.1) is 5.54 Å². The highest BCUT2D eigenvalue weighted by Gasteiger charge is 2.40. The predicted octanol–water partition coefficient (Wildman–Crippen LogP) is 5.88. The van der Waals surface area contributed by atoms with Crippen LogP contribution in [0.1, 0.15) is 72.0 Å². The fourth-order valence-corrected chi connectivity index (χ4v) is 6.33. The predicted molar refractivity (Wildman–Crippen MR) is 114 cm³/mol. The topological polar surface area (TPSA) is 38.0 Å². The van der Waals surface area contributed by atoms with Crippen LogP contribution in [-0.2, 0) is 12.0 Å². The molecular formula is C23H30N2S. The highest BCUT2D eigenvalue weighted by molar-refractivity contribution is 7.13.